The molecule has 5 nitrogen and oxygen atoms in total. The van der Waals surface area contributed by atoms with Gasteiger partial charge in [0.15, 0.2) is 11.5 Å². The smallest absolute Gasteiger partial charge is 0.416 e. The van der Waals surface area contributed by atoms with Crippen molar-refractivity contribution in [2.24, 2.45) is 0 Å². The van der Waals surface area contributed by atoms with E-state index < -0.39 is 92.7 Å². The molecule has 1 heterocycles. The number of alkyl halides is 3. The molecule has 3 aromatic carbocycles. The van der Waals surface area contributed by atoms with Gasteiger partial charge in [-0.15, -0.1) is 0 Å². The minimum Gasteiger partial charge on any atom is -0.493 e. The van der Waals surface area contributed by atoms with Crippen LogP contribution in [0.4, 0.5) is 13.2 Å². The molecule has 8 heteroatoms. The second-order valence-corrected chi connectivity index (χ2v) is 8.08. The molecule has 1 amide bonds. The molecule has 196 valence electrons. The summed E-state index contributed by atoms with van der Waals surface area (Å²) in [5, 5.41) is 1.83. The Labute approximate surface area is 234 Å². The number of hydrogen-bond acceptors (Lipinski definition) is 4. The molecule has 0 saturated carbocycles. The van der Waals surface area contributed by atoms with Crippen LogP contribution in [-0.4, -0.2) is 38.4 Å². The third-order valence-electron chi connectivity index (χ3n) is 5.89. The molecular weight excluding hydrogens is 481 g/mol. The van der Waals surface area contributed by atoms with Crippen LogP contribution in [0.2, 0.25) is 0 Å². The standard InChI is InChI=1S/C29H31F3N2O3/c1-33-28(35)27(20-7-5-4-6-8-20)34-16-15-21-17-25(36-2)26(37-3)18-23(21)24(34)14-11-19-9-12-22(13-10-19)29(30,31)32/h4-10,12-13,17-18,24,27H,11,14-16H2,1-3H3,(H,33,35)/t24-,27+/m0/s1/i1D3,2D3,3D3,11D2,14D2,24D. The lowest BCUT2D eigenvalue weighted by atomic mass is 9.86. The highest BCUT2D eigenvalue weighted by molar-refractivity contribution is 5.83. The normalized spacial score (nSPS) is 25.9. The molecule has 4 rings (SSSR count). The number of likely N-dealkylation sites (N-methyl/N-ethyl adjacent to an activating group) is 1. The Hall–Kier alpha value is -3.52. The van der Waals surface area contributed by atoms with Crippen molar-refractivity contribution < 1.29 is 46.6 Å². The second-order valence-electron chi connectivity index (χ2n) is 8.08. The maximum atomic E-state index is 13.8. The molecule has 0 radical (unpaired) electrons. The fourth-order valence-corrected chi connectivity index (χ4v) is 4.14. The van der Waals surface area contributed by atoms with E-state index in [4.69, 9.17) is 24.6 Å². The number of nitrogens with zero attached hydrogens (tertiary/aromatic N) is 1. The average molecular weight is 527 g/mol. The predicted molar refractivity (Wildman–Crippen MR) is 136 cm³/mol. The summed E-state index contributed by atoms with van der Waals surface area (Å²) in [4.78, 5) is 14.7. The zero-order valence-corrected chi connectivity index (χ0v) is 19.1. The van der Waals surface area contributed by atoms with Crippen LogP contribution in [0.1, 0.15) is 65.4 Å². The quantitative estimate of drug-likeness (QED) is 0.407. The zero-order chi connectivity index (χ0) is 38.6. The van der Waals surface area contributed by atoms with E-state index >= 15 is 0 Å². The SMILES string of the molecule is [2H]C([2H])([2H])NC(=O)[C@@H](c1ccccc1)N1CCc2cc(OC([2H])([2H])[2H])c(OC([2H])([2H])[2H])cc2[C@]1([2H])C([2H])([2H])C([2H])([2H])c1ccc(C(F)(F)F)cc1. The number of aryl methyl sites for hydroxylation is 1. The zero-order valence-electron chi connectivity index (χ0n) is 33.1. The van der Waals surface area contributed by atoms with Gasteiger partial charge in [0, 0.05) is 29.1 Å². The summed E-state index contributed by atoms with van der Waals surface area (Å²) in [7, 11) is -6.42. The Kier molecular flexibility index (Phi) is 4.22. The van der Waals surface area contributed by atoms with Crippen molar-refractivity contribution >= 4 is 5.91 Å². The van der Waals surface area contributed by atoms with E-state index in [1.807, 2.05) is 5.32 Å². The highest BCUT2D eigenvalue weighted by Crippen LogP contribution is 2.43. The van der Waals surface area contributed by atoms with E-state index in [2.05, 4.69) is 0 Å². The highest BCUT2D eigenvalue weighted by Gasteiger charge is 2.37. The van der Waals surface area contributed by atoms with Crippen molar-refractivity contribution in [1.82, 2.24) is 10.2 Å². The van der Waals surface area contributed by atoms with Gasteiger partial charge in [-0.05, 0) is 65.7 Å². The Morgan fingerprint density at radius 2 is 1.84 bits per heavy atom. The van der Waals surface area contributed by atoms with E-state index in [1.54, 1.807) is 6.07 Å². The summed E-state index contributed by atoms with van der Waals surface area (Å²) in [5.74, 6) is -2.72. The summed E-state index contributed by atoms with van der Waals surface area (Å²) in [5.41, 5.74) is -2.38. The van der Waals surface area contributed by atoms with Gasteiger partial charge in [0.25, 0.3) is 0 Å². The number of methoxy groups -OCH3 is 2. The van der Waals surface area contributed by atoms with Crippen LogP contribution in [0.25, 0.3) is 0 Å². The van der Waals surface area contributed by atoms with E-state index in [1.165, 1.54) is 24.3 Å². The average Bonchev–Trinajstić information content (AvgIpc) is 2.97. The first-order valence-electron chi connectivity index (χ1n) is 18.0. The summed E-state index contributed by atoms with van der Waals surface area (Å²) in [6, 6.07) is 6.37. The Balaban J connectivity index is 2.07. The van der Waals surface area contributed by atoms with Crippen molar-refractivity contribution in [3.05, 3.63) is 94.5 Å². The van der Waals surface area contributed by atoms with Crippen LogP contribution in [-0.2, 0) is 23.8 Å². The van der Waals surface area contributed by atoms with Gasteiger partial charge in [-0.1, -0.05) is 42.5 Å². The molecule has 0 aromatic heterocycles. The van der Waals surface area contributed by atoms with Gasteiger partial charge in [-0.2, -0.15) is 13.2 Å². The molecule has 0 spiro atoms. The first-order chi connectivity index (χ1) is 23.1. The monoisotopic (exact) mass is 526 g/mol. The minimum absolute atomic E-state index is 0.0338. The van der Waals surface area contributed by atoms with Crippen LogP contribution >= 0.6 is 0 Å². The van der Waals surface area contributed by atoms with E-state index in [0.717, 1.165) is 17.0 Å². The first-order valence-corrected chi connectivity index (χ1v) is 11.0. The Bertz CT molecular complexity index is 1730. The minimum atomic E-state index is -4.83. The van der Waals surface area contributed by atoms with Crippen molar-refractivity contribution in [2.75, 3.05) is 27.6 Å². The van der Waals surface area contributed by atoms with Gasteiger partial charge in [-0.3, -0.25) is 9.69 Å². The number of ether oxygens (including phenoxy) is 2. The molecule has 1 aliphatic heterocycles. The summed E-state index contributed by atoms with van der Waals surface area (Å²) < 4.78 is 165. The molecule has 37 heavy (non-hydrogen) atoms. The number of fused-ring (bicyclic) bond motifs is 1. The summed E-state index contributed by atoms with van der Waals surface area (Å²) >= 11 is 0. The summed E-state index contributed by atoms with van der Waals surface area (Å²) in [6.07, 6.45) is -12.0. The molecule has 0 saturated heterocycles. The van der Waals surface area contributed by atoms with Crippen molar-refractivity contribution in [3.63, 3.8) is 0 Å². The number of carbonyl (C=O) groups excluding carboxylic acids is 1. The van der Waals surface area contributed by atoms with Gasteiger partial charge >= 0.3 is 6.18 Å². The third-order valence-corrected chi connectivity index (χ3v) is 5.89. The molecule has 3 aromatic rings. The fourth-order valence-electron chi connectivity index (χ4n) is 4.14. The Morgan fingerprint density at radius 1 is 1.14 bits per heavy atom. The van der Waals surface area contributed by atoms with Crippen LogP contribution in [0, 0.1) is 0 Å². The van der Waals surface area contributed by atoms with Crippen molar-refractivity contribution in [1.29, 1.82) is 0 Å². The first kappa shape index (κ1) is 13.9. The predicted octanol–water partition coefficient (Wildman–Crippen LogP) is 5.74. The number of benzene rings is 3. The molecule has 1 N–H and O–H groups in total. The molecule has 0 aliphatic carbocycles. The molecule has 0 unspecified atom stereocenters. The lowest BCUT2D eigenvalue weighted by Crippen LogP contribution is -2.44. The molecular formula is C29H31F3N2O3. The number of rotatable bonds is 8. The van der Waals surface area contributed by atoms with Gasteiger partial charge in [0.1, 0.15) is 6.04 Å². The highest BCUT2D eigenvalue weighted by atomic mass is 19.4. The lowest BCUT2D eigenvalue weighted by molar-refractivity contribution is -0.137. The molecule has 2 atom stereocenters. The van der Waals surface area contributed by atoms with Gasteiger partial charge in [-0.25, -0.2) is 0 Å². The van der Waals surface area contributed by atoms with E-state index in [0.29, 0.717) is 24.3 Å². The van der Waals surface area contributed by atoms with Gasteiger partial charge in [0.05, 0.1) is 29.2 Å². The van der Waals surface area contributed by atoms with Crippen LogP contribution < -0.4 is 14.8 Å². The van der Waals surface area contributed by atoms with E-state index in [9.17, 15) is 22.1 Å². The number of nitrogens with one attached hydrogen (secondary N) is 1. The van der Waals surface area contributed by atoms with Crippen LogP contribution in [0.15, 0.2) is 66.7 Å². The van der Waals surface area contributed by atoms with Crippen LogP contribution in [0.3, 0.4) is 0 Å². The number of halogens is 3. The van der Waals surface area contributed by atoms with Gasteiger partial charge in [0.2, 0.25) is 5.91 Å². The topological polar surface area (TPSA) is 50.8 Å². The Morgan fingerprint density at radius 3 is 2.49 bits per heavy atom. The maximum Gasteiger partial charge on any atom is 0.416 e. The molecule has 0 bridgehead atoms. The van der Waals surface area contributed by atoms with Crippen molar-refractivity contribution in [2.45, 2.75) is 37.4 Å². The number of hydrogen-bond donors (Lipinski definition) is 1. The maximum absolute atomic E-state index is 13.8. The fraction of sp³-hybridized carbons (Fsp3) is 0.345. The summed E-state index contributed by atoms with van der Waals surface area (Å²) in [6.45, 7) is -3.57. The van der Waals surface area contributed by atoms with Crippen molar-refractivity contribution in [3.8, 4) is 11.5 Å². The van der Waals surface area contributed by atoms with Crippen LogP contribution in [0.5, 0.6) is 11.5 Å². The molecule has 1 aliphatic rings. The van der Waals surface area contributed by atoms with E-state index in [-0.39, 0.29) is 17.5 Å². The number of carbonyl (C=O) groups is 1. The molecule has 0 fully saturated rings. The lowest BCUT2D eigenvalue weighted by Gasteiger charge is -2.42. The largest absolute Gasteiger partial charge is 0.493 e. The third kappa shape index (κ3) is 5.74. The van der Waals surface area contributed by atoms with Gasteiger partial charge < -0.3 is 14.8 Å². The second kappa shape index (κ2) is 11.3. The number of amides is 1.